The van der Waals surface area contributed by atoms with Crippen molar-refractivity contribution in [2.75, 3.05) is 21.3 Å². The van der Waals surface area contributed by atoms with Crippen LogP contribution in [0.3, 0.4) is 0 Å². The number of hydrogen-bond acceptors (Lipinski definition) is 4. The Morgan fingerprint density at radius 3 is 2.25 bits per heavy atom. The van der Waals surface area contributed by atoms with E-state index in [1.807, 2.05) is 12.1 Å². The van der Waals surface area contributed by atoms with Crippen molar-refractivity contribution in [3.05, 3.63) is 17.7 Å². The largest absolute Gasteiger partial charge is 0.493 e. The molecule has 2 unspecified atom stereocenters. The zero-order chi connectivity index (χ0) is 14.5. The summed E-state index contributed by atoms with van der Waals surface area (Å²) in [5.74, 6) is 2.94. The number of nitrogens with one attached hydrogen (secondary N) is 1. The average Bonchev–Trinajstić information content (AvgIpc) is 3.22. The lowest BCUT2D eigenvalue weighted by Gasteiger charge is -2.14. The molecule has 0 heterocycles. The number of rotatable bonds is 8. The van der Waals surface area contributed by atoms with Crippen molar-refractivity contribution in [3.8, 4) is 17.2 Å². The molecule has 4 heteroatoms. The maximum Gasteiger partial charge on any atom is 0.203 e. The molecule has 1 N–H and O–H groups in total. The van der Waals surface area contributed by atoms with E-state index >= 15 is 0 Å². The van der Waals surface area contributed by atoms with Gasteiger partial charge in [-0.1, -0.05) is 13.3 Å². The number of ether oxygens (including phenoxy) is 3. The van der Waals surface area contributed by atoms with Crippen LogP contribution >= 0.6 is 0 Å². The molecular formula is C16H25NO3. The fourth-order valence-electron chi connectivity index (χ4n) is 2.67. The molecule has 20 heavy (non-hydrogen) atoms. The van der Waals surface area contributed by atoms with Crippen molar-refractivity contribution < 1.29 is 14.2 Å². The molecule has 0 aromatic heterocycles. The van der Waals surface area contributed by atoms with E-state index in [0.717, 1.165) is 18.0 Å². The van der Waals surface area contributed by atoms with Gasteiger partial charge in [0.25, 0.3) is 0 Å². The molecule has 112 valence electrons. The van der Waals surface area contributed by atoms with Crippen molar-refractivity contribution >= 4 is 0 Å². The van der Waals surface area contributed by atoms with Crippen molar-refractivity contribution in [2.45, 2.75) is 38.8 Å². The Balaban J connectivity index is 2.01. The summed E-state index contributed by atoms with van der Waals surface area (Å²) >= 11 is 0. The van der Waals surface area contributed by atoms with Crippen LogP contribution in [0.5, 0.6) is 17.2 Å². The van der Waals surface area contributed by atoms with Crippen molar-refractivity contribution in [3.63, 3.8) is 0 Å². The number of benzene rings is 1. The summed E-state index contributed by atoms with van der Waals surface area (Å²) in [5.41, 5.74) is 1.15. The summed E-state index contributed by atoms with van der Waals surface area (Å²) in [7, 11) is 4.91. The Bertz CT molecular complexity index is 422. The van der Waals surface area contributed by atoms with Gasteiger partial charge in [0.1, 0.15) is 0 Å². The molecule has 1 fully saturated rings. The highest BCUT2D eigenvalue weighted by atomic mass is 16.5. The maximum absolute atomic E-state index is 5.37. The second kappa shape index (κ2) is 6.84. The molecule has 1 saturated carbocycles. The number of methoxy groups -OCH3 is 3. The second-order valence-corrected chi connectivity index (χ2v) is 5.31. The number of hydrogen-bond donors (Lipinski definition) is 1. The van der Waals surface area contributed by atoms with E-state index in [0.29, 0.717) is 23.3 Å². The first-order valence-corrected chi connectivity index (χ1v) is 7.25. The monoisotopic (exact) mass is 279 g/mol. The molecule has 0 radical (unpaired) electrons. The van der Waals surface area contributed by atoms with E-state index in [2.05, 4.69) is 12.2 Å². The normalized spacial score (nSPS) is 20.6. The van der Waals surface area contributed by atoms with Gasteiger partial charge in [0.05, 0.1) is 21.3 Å². The first kappa shape index (κ1) is 15.0. The van der Waals surface area contributed by atoms with Crippen LogP contribution in [0.1, 0.15) is 31.7 Å². The minimum atomic E-state index is 0.647. The van der Waals surface area contributed by atoms with Crippen molar-refractivity contribution in [2.24, 2.45) is 5.92 Å². The Morgan fingerprint density at radius 2 is 1.75 bits per heavy atom. The van der Waals surface area contributed by atoms with E-state index in [4.69, 9.17) is 14.2 Å². The van der Waals surface area contributed by atoms with Gasteiger partial charge in [-0.25, -0.2) is 0 Å². The van der Waals surface area contributed by atoms with Gasteiger partial charge in [-0.3, -0.25) is 0 Å². The summed E-state index contributed by atoms with van der Waals surface area (Å²) in [4.78, 5) is 0. The molecule has 1 aromatic rings. The highest BCUT2D eigenvalue weighted by Gasteiger charge is 2.35. The van der Waals surface area contributed by atoms with Crippen LogP contribution in [0, 0.1) is 5.92 Å². The lowest BCUT2D eigenvalue weighted by atomic mass is 10.1. The van der Waals surface area contributed by atoms with Crippen LogP contribution < -0.4 is 19.5 Å². The Kier molecular flexibility index (Phi) is 5.12. The van der Waals surface area contributed by atoms with E-state index in [1.165, 1.54) is 19.3 Å². The van der Waals surface area contributed by atoms with Gasteiger partial charge in [-0.15, -0.1) is 0 Å². The molecule has 1 aliphatic carbocycles. The summed E-state index contributed by atoms with van der Waals surface area (Å²) in [6, 6.07) is 4.69. The molecule has 2 atom stereocenters. The molecule has 1 aliphatic rings. The molecule has 0 amide bonds. The zero-order valence-corrected chi connectivity index (χ0v) is 12.9. The molecular weight excluding hydrogens is 254 g/mol. The van der Waals surface area contributed by atoms with E-state index in [1.54, 1.807) is 21.3 Å². The lowest BCUT2D eigenvalue weighted by Crippen LogP contribution is -2.17. The minimum Gasteiger partial charge on any atom is -0.493 e. The van der Waals surface area contributed by atoms with Gasteiger partial charge in [0.15, 0.2) is 11.5 Å². The smallest absolute Gasteiger partial charge is 0.203 e. The Morgan fingerprint density at radius 1 is 1.10 bits per heavy atom. The zero-order valence-electron chi connectivity index (χ0n) is 12.9. The van der Waals surface area contributed by atoms with Crippen LogP contribution in [0.15, 0.2) is 12.1 Å². The molecule has 0 aliphatic heterocycles. The SMILES string of the molecule is CCCC1CC1NCc1cc(OC)c(OC)c(OC)c1. The van der Waals surface area contributed by atoms with Crippen LogP contribution in [0.4, 0.5) is 0 Å². The first-order valence-electron chi connectivity index (χ1n) is 7.25. The van der Waals surface area contributed by atoms with Crippen molar-refractivity contribution in [1.29, 1.82) is 0 Å². The standard InChI is InChI=1S/C16H25NO3/c1-5-6-12-9-13(12)17-10-11-7-14(18-2)16(20-4)15(8-11)19-3/h7-8,12-13,17H,5-6,9-10H2,1-4H3. The molecule has 0 spiro atoms. The summed E-state index contributed by atoms with van der Waals surface area (Å²) < 4.78 is 16.1. The van der Waals surface area contributed by atoms with Gasteiger partial charge in [0.2, 0.25) is 5.75 Å². The molecule has 4 nitrogen and oxygen atoms in total. The topological polar surface area (TPSA) is 39.7 Å². The van der Waals surface area contributed by atoms with Gasteiger partial charge < -0.3 is 19.5 Å². The predicted octanol–water partition coefficient (Wildman–Crippen LogP) is 2.99. The lowest BCUT2D eigenvalue weighted by molar-refractivity contribution is 0.323. The highest BCUT2D eigenvalue weighted by molar-refractivity contribution is 5.53. The average molecular weight is 279 g/mol. The molecule has 1 aromatic carbocycles. The Hall–Kier alpha value is -1.42. The van der Waals surface area contributed by atoms with E-state index < -0.39 is 0 Å². The van der Waals surface area contributed by atoms with Gasteiger partial charge in [-0.2, -0.15) is 0 Å². The van der Waals surface area contributed by atoms with Gasteiger partial charge in [0, 0.05) is 12.6 Å². The molecule has 0 saturated heterocycles. The Labute approximate surface area is 121 Å². The fourth-order valence-corrected chi connectivity index (χ4v) is 2.67. The third-order valence-electron chi connectivity index (χ3n) is 3.87. The van der Waals surface area contributed by atoms with Crippen LogP contribution in [-0.4, -0.2) is 27.4 Å². The summed E-state index contributed by atoms with van der Waals surface area (Å²) in [6.07, 6.45) is 3.90. The maximum atomic E-state index is 5.37. The highest BCUT2D eigenvalue weighted by Crippen LogP contribution is 2.39. The summed E-state index contributed by atoms with van der Waals surface area (Å²) in [5, 5.41) is 3.60. The van der Waals surface area contributed by atoms with Crippen LogP contribution in [0.25, 0.3) is 0 Å². The minimum absolute atomic E-state index is 0.647. The first-order chi connectivity index (χ1) is 9.73. The van der Waals surface area contributed by atoms with Crippen molar-refractivity contribution in [1.82, 2.24) is 5.32 Å². The van der Waals surface area contributed by atoms with Gasteiger partial charge >= 0.3 is 0 Å². The second-order valence-electron chi connectivity index (χ2n) is 5.31. The van der Waals surface area contributed by atoms with E-state index in [9.17, 15) is 0 Å². The van der Waals surface area contributed by atoms with Crippen LogP contribution in [-0.2, 0) is 6.54 Å². The molecule has 0 bridgehead atoms. The van der Waals surface area contributed by atoms with E-state index in [-0.39, 0.29) is 0 Å². The third kappa shape index (κ3) is 3.37. The van der Waals surface area contributed by atoms with Gasteiger partial charge in [-0.05, 0) is 36.5 Å². The predicted molar refractivity (Wildman–Crippen MR) is 79.7 cm³/mol. The summed E-state index contributed by atoms with van der Waals surface area (Å²) in [6.45, 7) is 3.08. The third-order valence-corrected chi connectivity index (χ3v) is 3.87. The molecule has 2 rings (SSSR count). The quantitative estimate of drug-likeness (QED) is 0.794. The van der Waals surface area contributed by atoms with Crippen LogP contribution in [0.2, 0.25) is 0 Å². The fraction of sp³-hybridized carbons (Fsp3) is 0.625.